The minimum atomic E-state index is 0.289. The molecule has 1 heterocycles. The molecule has 1 aromatic rings. The van der Waals surface area contributed by atoms with Crippen LogP contribution in [0.2, 0.25) is 0 Å². The lowest BCUT2D eigenvalue weighted by Crippen LogP contribution is -2.39. The Morgan fingerprint density at radius 1 is 1.25 bits per heavy atom. The van der Waals surface area contributed by atoms with E-state index in [1.54, 1.807) is 14.2 Å². The van der Waals surface area contributed by atoms with E-state index in [4.69, 9.17) is 9.47 Å². The van der Waals surface area contributed by atoms with Crippen molar-refractivity contribution in [1.82, 2.24) is 5.32 Å². The average Bonchev–Trinajstić information content (AvgIpc) is 2.38. The molecule has 1 aromatic carbocycles. The molecule has 1 N–H and O–H groups in total. The predicted molar refractivity (Wildman–Crippen MR) is 64.0 cm³/mol. The van der Waals surface area contributed by atoms with Gasteiger partial charge in [-0.2, -0.15) is 0 Å². The van der Waals surface area contributed by atoms with Gasteiger partial charge in [0.2, 0.25) is 0 Å². The third kappa shape index (κ3) is 2.20. The van der Waals surface area contributed by atoms with E-state index in [0.29, 0.717) is 5.92 Å². The number of piperidine rings is 1. The number of hydrogen-bond acceptors (Lipinski definition) is 3. The highest BCUT2D eigenvalue weighted by Gasteiger charge is 2.28. The maximum Gasteiger partial charge on any atom is 0.122 e. The Kier molecular flexibility index (Phi) is 3.80. The van der Waals surface area contributed by atoms with Crippen LogP contribution in [0.25, 0.3) is 0 Å². The van der Waals surface area contributed by atoms with E-state index in [9.17, 15) is 0 Å². The number of methoxy groups -OCH3 is 2. The monoisotopic (exact) mass is 221 g/mol. The van der Waals surface area contributed by atoms with Crippen LogP contribution in [-0.2, 0) is 4.74 Å². The fraction of sp³-hybridized carbons (Fsp3) is 0.538. The normalized spacial score (nSPS) is 25.4. The third-order valence-corrected chi connectivity index (χ3v) is 3.26. The van der Waals surface area contributed by atoms with E-state index in [2.05, 4.69) is 17.4 Å². The van der Waals surface area contributed by atoms with Gasteiger partial charge in [0.1, 0.15) is 5.75 Å². The quantitative estimate of drug-likeness (QED) is 0.844. The molecular formula is C13H19NO2. The molecule has 0 spiro atoms. The molecular weight excluding hydrogens is 202 g/mol. The summed E-state index contributed by atoms with van der Waals surface area (Å²) in [5.74, 6) is 1.34. The highest BCUT2D eigenvalue weighted by Crippen LogP contribution is 2.32. The minimum Gasteiger partial charge on any atom is -0.496 e. The Morgan fingerprint density at radius 3 is 2.81 bits per heavy atom. The molecule has 3 nitrogen and oxygen atoms in total. The molecule has 2 atom stereocenters. The Bertz CT molecular complexity index is 340. The topological polar surface area (TPSA) is 30.5 Å². The van der Waals surface area contributed by atoms with Crippen LogP contribution < -0.4 is 10.1 Å². The largest absolute Gasteiger partial charge is 0.496 e. The van der Waals surface area contributed by atoms with Crippen molar-refractivity contribution in [2.75, 3.05) is 27.3 Å². The van der Waals surface area contributed by atoms with E-state index in [0.717, 1.165) is 25.3 Å². The number of nitrogens with one attached hydrogen (secondary N) is 1. The molecule has 1 fully saturated rings. The number of hydrogen-bond donors (Lipinski definition) is 1. The molecule has 1 aliphatic heterocycles. The molecule has 0 aromatic heterocycles. The van der Waals surface area contributed by atoms with Crippen LogP contribution in [0, 0.1) is 0 Å². The van der Waals surface area contributed by atoms with Gasteiger partial charge in [0.05, 0.1) is 13.2 Å². The molecule has 16 heavy (non-hydrogen) atoms. The fourth-order valence-electron chi connectivity index (χ4n) is 2.40. The Hall–Kier alpha value is -1.06. The smallest absolute Gasteiger partial charge is 0.122 e. The zero-order chi connectivity index (χ0) is 11.4. The minimum absolute atomic E-state index is 0.289. The van der Waals surface area contributed by atoms with E-state index < -0.39 is 0 Å². The van der Waals surface area contributed by atoms with Crippen molar-refractivity contribution < 1.29 is 9.47 Å². The van der Waals surface area contributed by atoms with Gasteiger partial charge < -0.3 is 14.8 Å². The summed E-state index contributed by atoms with van der Waals surface area (Å²) >= 11 is 0. The second kappa shape index (κ2) is 5.32. The molecule has 0 bridgehead atoms. The summed E-state index contributed by atoms with van der Waals surface area (Å²) in [5.41, 5.74) is 1.24. The number of ether oxygens (including phenoxy) is 2. The van der Waals surface area contributed by atoms with E-state index >= 15 is 0 Å². The maximum atomic E-state index is 5.56. The molecule has 0 radical (unpaired) electrons. The van der Waals surface area contributed by atoms with Crippen molar-refractivity contribution in [2.45, 2.75) is 18.4 Å². The van der Waals surface area contributed by atoms with Crippen molar-refractivity contribution in [3.8, 4) is 5.75 Å². The maximum absolute atomic E-state index is 5.56. The summed E-state index contributed by atoms with van der Waals surface area (Å²) in [5, 5.41) is 3.41. The van der Waals surface area contributed by atoms with Gasteiger partial charge in [-0.3, -0.25) is 0 Å². The highest BCUT2D eigenvalue weighted by atomic mass is 16.5. The van der Waals surface area contributed by atoms with E-state index in [1.165, 1.54) is 5.56 Å². The van der Waals surface area contributed by atoms with Gasteiger partial charge in [0.25, 0.3) is 0 Å². The molecule has 3 heteroatoms. The summed E-state index contributed by atoms with van der Waals surface area (Å²) in [6, 6.07) is 8.19. The van der Waals surface area contributed by atoms with Gasteiger partial charge in [-0.25, -0.2) is 0 Å². The molecule has 2 unspecified atom stereocenters. The van der Waals surface area contributed by atoms with Gasteiger partial charge >= 0.3 is 0 Å². The van der Waals surface area contributed by atoms with Gasteiger partial charge in [0, 0.05) is 25.1 Å². The van der Waals surface area contributed by atoms with Crippen LogP contribution >= 0.6 is 0 Å². The summed E-state index contributed by atoms with van der Waals surface area (Å²) < 4.78 is 11.0. The van der Waals surface area contributed by atoms with Gasteiger partial charge in [-0.05, 0) is 19.0 Å². The molecule has 0 saturated carbocycles. The van der Waals surface area contributed by atoms with Crippen LogP contribution in [0.4, 0.5) is 0 Å². The standard InChI is InChI=1S/C13H19NO2/c1-15-12-6-4-3-5-10(12)11-9-14-8-7-13(11)16-2/h3-6,11,13-14H,7-9H2,1-2H3. The predicted octanol–water partition coefficient (Wildman–Crippen LogP) is 1.79. The van der Waals surface area contributed by atoms with Gasteiger partial charge in [-0.1, -0.05) is 18.2 Å². The second-order valence-electron chi connectivity index (χ2n) is 4.12. The summed E-state index contributed by atoms with van der Waals surface area (Å²) in [4.78, 5) is 0. The summed E-state index contributed by atoms with van der Waals surface area (Å²) in [6.45, 7) is 1.99. The zero-order valence-electron chi connectivity index (χ0n) is 9.90. The first kappa shape index (κ1) is 11.4. The molecule has 2 rings (SSSR count). The lowest BCUT2D eigenvalue weighted by Gasteiger charge is -2.32. The molecule has 1 aliphatic rings. The van der Waals surface area contributed by atoms with Crippen molar-refractivity contribution in [3.63, 3.8) is 0 Å². The fourth-order valence-corrected chi connectivity index (χ4v) is 2.40. The first-order valence-electron chi connectivity index (χ1n) is 5.73. The van der Waals surface area contributed by atoms with Crippen LogP contribution in [-0.4, -0.2) is 33.4 Å². The van der Waals surface area contributed by atoms with E-state index in [-0.39, 0.29) is 6.10 Å². The number of rotatable bonds is 3. The Morgan fingerprint density at radius 2 is 2.06 bits per heavy atom. The molecule has 0 amide bonds. The Balaban J connectivity index is 2.26. The number of benzene rings is 1. The first-order chi connectivity index (χ1) is 7.86. The molecule has 88 valence electrons. The zero-order valence-corrected chi connectivity index (χ0v) is 9.90. The van der Waals surface area contributed by atoms with Gasteiger partial charge in [0.15, 0.2) is 0 Å². The van der Waals surface area contributed by atoms with Crippen molar-refractivity contribution >= 4 is 0 Å². The Labute approximate surface area is 96.8 Å². The van der Waals surface area contributed by atoms with Crippen LogP contribution in [0.3, 0.4) is 0 Å². The summed E-state index contributed by atoms with van der Waals surface area (Å²) in [7, 11) is 3.51. The summed E-state index contributed by atoms with van der Waals surface area (Å²) in [6.07, 6.45) is 1.34. The second-order valence-corrected chi connectivity index (χ2v) is 4.12. The van der Waals surface area contributed by atoms with Crippen LogP contribution in [0.15, 0.2) is 24.3 Å². The van der Waals surface area contributed by atoms with Gasteiger partial charge in [-0.15, -0.1) is 0 Å². The van der Waals surface area contributed by atoms with Crippen molar-refractivity contribution in [3.05, 3.63) is 29.8 Å². The van der Waals surface area contributed by atoms with E-state index in [1.807, 2.05) is 12.1 Å². The lowest BCUT2D eigenvalue weighted by atomic mass is 9.88. The van der Waals surface area contributed by atoms with Crippen LogP contribution in [0.5, 0.6) is 5.75 Å². The molecule has 1 saturated heterocycles. The number of para-hydroxylation sites is 1. The lowest BCUT2D eigenvalue weighted by molar-refractivity contribution is 0.0578. The van der Waals surface area contributed by atoms with Crippen molar-refractivity contribution in [1.29, 1.82) is 0 Å². The SMILES string of the molecule is COc1ccccc1C1CNCCC1OC. The van der Waals surface area contributed by atoms with Crippen molar-refractivity contribution in [2.24, 2.45) is 0 Å². The van der Waals surface area contributed by atoms with Crippen LogP contribution in [0.1, 0.15) is 17.9 Å². The average molecular weight is 221 g/mol. The molecule has 0 aliphatic carbocycles. The first-order valence-corrected chi connectivity index (χ1v) is 5.73. The highest BCUT2D eigenvalue weighted by molar-refractivity contribution is 5.37. The third-order valence-electron chi connectivity index (χ3n) is 3.26.